The lowest BCUT2D eigenvalue weighted by molar-refractivity contribution is -0.384. The Morgan fingerprint density at radius 3 is 2.80 bits per heavy atom. The molecule has 0 saturated heterocycles. The van der Waals surface area contributed by atoms with Crippen molar-refractivity contribution in [3.05, 3.63) is 27.4 Å². The third-order valence-corrected chi connectivity index (χ3v) is 3.76. The summed E-state index contributed by atoms with van der Waals surface area (Å²) in [4.78, 5) is 25.9. The standard InChI is InChI=1S/C13H16ClN3O3/c14-11-7-6-10(17(19)20)13(15-11)16-12(18)8-5-9-3-1-2-4-9/h6-7,9H,1-5,8H2,(H,15,16,18). The van der Waals surface area contributed by atoms with Crippen molar-refractivity contribution >= 4 is 29.0 Å². The van der Waals surface area contributed by atoms with Crippen LogP contribution in [-0.4, -0.2) is 15.8 Å². The van der Waals surface area contributed by atoms with Gasteiger partial charge in [0.25, 0.3) is 0 Å². The van der Waals surface area contributed by atoms with Gasteiger partial charge in [-0.05, 0) is 18.4 Å². The lowest BCUT2D eigenvalue weighted by atomic mass is 10.0. The molecule has 0 unspecified atom stereocenters. The summed E-state index contributed by atoms with van der Waals surface area (Å²) in [5, 5.41) is 13.4. The predicted octanol–water partition coefficient (Wildman–Crippen LogP) is 3.55. The molecule has 20 heavy (non-hydrogen) atoms. The quantitative estimate of drug-likeness (QED) is 0.511. The van der Waals surface area contributed by atoms with E-state index in [2.05, 4.69) is 10.3 Å². The van der Waals surface area contributed by atoms with Gasteiger partial charge in [0.1, 0.15) is 5.15 Å². The topological polar surface area (TPSA) is 85.1 Å². The van der Waals surface area contributed by atoms with Gasteiger partial charge in [0.2, 0.25) is 11.7 Å². The minimum atomic E-state index is -0.587. The number of carbonyl (C=O) groups is 1. The van der Waals surface area contributed by atoms with Crippen molar-refractivity contribution in [2.24, 2.45) is 5.92 Å². The molecule has 6 nitrogen and oxygen atoms in total. The summed E-state index contributed by atoms with van der Waals surface area (Å²) in [5.74, 6) is 0.261. The third kappa shape index (κ3) is 3.90. The van der Waals surface area contributed by atoms with E-state index in [1.165, 1.54) is 37.8 Å². The normalized spacial score (nSPS) is 15.2. The molecular formula is C13H16ClN3O3. The van der Waals surface area contributed by atoms with Crippen LogP contribution < -0.4 is 5.32 Å². The zero-order valence-corrected chi connectivity index (χ0v) is 11.7. The van der Waals surface area contributed by atoms with E-state index in [9.17, 15) is 14.9 Å². The maximum atomic E-state index is 11.8. The Balaban J connectivity index is 1.96. The number of aromatic nitrogens is 1. The number of pyridine rings is 1. The van der Waals surface area contributed by atoms with Crippen LogP contribution in [0.5, 0.6) is 0 Å². The number of nitrogens with one attached hydrogen (secondary N) is 1. The van der Waals surface area contributed by atoms with E-state index in [0.717, 1.165) is 6.42 Å². The highest BCUT2D eigenvalue weighted by Gasteiger charge is 2.20. The summed E-state index contributed by atoms with van der Waals surface area (Å²) in [6.07, 6.45) is 5.98. The summed E-state index contributed by atoms with van der Waals surface area (Å²) in [7, 11) is 0. The minimum Gasteiger partial charge on any atom is -0.305 e. The molecule has 1 saturated carbocycles. The van der Waals surface area contributed by atoms with Gasteiger partial charge in [-0.3, -0.25) is 14.9 Å². The molecule has 0 aliphatic heterocycles. The smallest absolute Gasteiger partial charge is 0.305 e. The number of anilines is 1. The number of hydrogen-bond acceptors (Lipinski definition) is 4. The van der Waals surface area contributed by atoms with E-state index in [1.54, 1.807) is 0 Å². The Morgan fingerprint density at radius 1 is 1.45 bits per heavy atom. The Kier molecular flexibility index (Phi) is 4.89. The summed E-state index contributed by atoms with van der Waals surface area (Å²) in [6.45, 7) is 0. The fourth-order valence-corrected chi connectivity index (χ4v) is 2.64. The zero-order chi connectivity index (χ0) is 14.5. The number of amides is 1. The molecule has 0 radical (unpaired) electrons. The van der Waals surface area contributed by atoms with E-state index in [4.69, 9.17) is 11.6 Å². The van der Waals surface area contributed by atoms with Gasteiger partial charge < -0.3 is 5.32 Å². The first-order valence-electron chi connectivity index (χ1n) is 6.67. The van der Waals surface area contributed by atoms with Gasteiger partial charge in [0, 0.05) is 12.5 Å². The van der Waals surface area contributed by atoms with E-state index in [0.29, 0.717) is 12.3 Å². The second-order valence-corrected chi connectivity index (χ2v) is 5.38. The molecule has 0 spiro atoms. The highest BCUT2D eigenvalue weighted by Crippen LogP contribution is 2.29. The van der Waals surface area contributed by atoms with Crippen molar-refractivity contribution in [1.29, 1.82) is 0 Å². The number of halogens is 1. The Labute approximate surface area is 121 Å². The molecule has 0 aromatic carbocycles. The van der Waals surface area contributed by atoms with E-state index in [1.807, 2.05) is 0 Å². The fourth-order valence-electron chi connectivity index (χ4n) is 2.50. The van der Waals surface area contributed by atoms with E-state index >= 15 is 0 Å². The Hall–Kier alpha value is -1.69. The van der Waals surface area contributed by atoms with Crippen molar-refractivity contribution < 1.29 is 9.72 Å². The van der Waals surface area contributed by atoms with Gasteiger partial charge in [0.05, 0.1) is 4.92 Å². The maximum absolute atomic E-state index is 11.8. The van der Waals surface area contributed by atoms with Crippen molar-refractivity contribution in [2.75, 3.05) is 5.32 Å². The van der Waals surface area contributed by atoms with Crippen LogP contribution in [0.2, 0.25) is 5.15 Å². The SMILES string of the molecule is O=C(CCC1CCCC1)Nc1nc(Cl)ccc1[N+](=O)[O-]. The van der Waals surface area contributed by atoms with Crippen LogP contribution in [0, 0.1) is 16.0 Å². The highest BCUT2D eigenvalue weighted by molar-refractivity contribution is 6.29. The molecule has 2 rings (SSSR count). The summed E-state index contributed by atoms with van der Waals surface area (Å²) >= 11 is 5.70. The molecule has 0 atom stereocenters. The van der Waals surface area contributed by atoms with Crippen LogP contribution in [-0.2, 0) is 4.79 Å². The molecule has 1 aliphatic rings. The first kappa shape index (κ1) is 14.7. The van der Waals surface area contributed by atoms with Gasteiger partial charge in [-0.25, -0.2) is 4.98 Å². The first-order valence-corrected chi connectivity index (χ1v) is 7.05. The van der Waals surface area contributed by atoms with Crippen molar-refractivity contribution in [1.82, 2.24) is 4.98 Å². The second-order valence-electron chi connectivity index (χ2n) is 5.00. The summed E-state index contributed by atoms with van der Waals surface area (Å²) in [6, 6.07) is 2.57. The lowest BCUT2D eigenvalue weighted by Gasteiger charge is -2.09. The Bertz CT molecular complexity index is 516. The number of carbonyl (C=O) groups excluding carboxylic acids is 1. The van der Waals surface area contributed by atoms with Crippen LogP contribution in [0.15, 0.2) is 12.1 Å². The molecule has 108 valence electrons. The number of nitrogens with zero attached hydrogens (tertiary/aromatic N) is 2. The molecule has 7 heteroatoms. The van der Waals surface area contributed by atoms with Crippen LogP contribution in [0.3, 0.4) is 0 Å². The minimum absolute atomic E-state index is 0.0843. The van der Waals surface area contributed by atoms with Gasteiger partial charge >= 0.3 is 5.69 Å². The fraction of sp³-hybridized carbons (Fsp3) is 0.538. The first-order chi connectivity index (χ1) is 9.56. The van der Waals surface area contributed by atoms with Crippen LogP contribution in [0.25, 0.3) is 0 Å². The maximum Gasteiger partial charge on any atom is 0.311 e. The molecule has 1 heterocycles. The molecule has 1 fully saturated rings. The van der Waals surface area contributed by atoms with Gasteiger partial charge in [0.15, 0.2) is 0 Å². The Morgan fingerprint density at radius 2 is 2.15 bits per heavy atom. The molecule has 1 aromatic rings. The average molecular weight is 298 g/mol. The second kappa shape index (κ2) is 6.65. The molecule has 0 bridgehead atoms. The van der Waals surface area contributed by atoms with E-state index < -0.39 is 4.92 Å². The van der Waals surface area contributed by atoms with Crippen molar-refractivity contribution in [3.63, 3.8) is 0 Å². The molecule has 1 amide bonds. The van der Waals surface area contributed by atoms with Crippen LogP contribution in [0.4, 0.5) is 11.5 Å². The van der Waals surface area contributed by atoms with Gasteiger partial charge in [-0.15, -0.1) is 0 Å². The number of nitro groups is 1. The summed E-state index contributed by atoms with van der Waals surface area (Å²) in [5.41, 5.74) is -0.247. The molecule has 1 aromatic heterocycles. The van der Waals surface area contributed by atoms with Gasteiger partial charge in [-0.2, -0.15) is 0 Å². The molecular weight excluding hydrogens is 282 g/mol. The third-order valence-electron chi connectivity index (χ3n) is 3.55. The molecule has 1 aliphatic carbocycles. The highest BCUT2D eigenvalue weighted by atomic mass is 35.5. The average Bonchev–Trinajstić information content (AvgIpc) is 2.89. The number of hydrogen-bond donors (Lipinski definition) is 1. The van der Waals surface area contributed by atoms with Crippen LogP contribution in [0.1, 0.15) is 38.5 Å². The molecule has 1 N–H and O–H groups in total. The monoisotopic (exact) mass is 297 g/mol. The van der Waals surface area contributed by atoms with Crippen molar-refractivity contribution in [3.8, 4) is 0 Å². The van der Waals surface area contributed by atoms with Gasteiger partial charge in [-0.1, -0.05) is 37.3 Å². The largest absolute Gasteiger partial charge is 0.311 e. The lowest BCUT2D eigenvalue weighted by Crippen LogP contribution is -2.15. The summed E-state index contributed by atoms with van der Waals surface area (Å²) < 4.78 is 0. The van der Waals surface area contributed by atoms with Crippen molar-refractivity contribution in [2.45, 2.75) is 38.5 Å². The van der Waals surface area contributed by atoms with Crippen LogP contribution >= 0.6 is 11.6 Å². The number of rotatable bonds is 5. The predicted molar refractivity (Wildman–Crippen MR) is 75.7 cm³/mol. The van der Waals surface area contributed by atoms with E-state index in [-0.39, 0.29) is 22.6 Å². The zero-order valence-electron chi connectivity index (χ0n) is 11.0.